The minimum Gasteiger partial charge on any atom is -0.756 e. The molecule has 444 valence electrons. The molecule has 0 aromatic heterocycles. The summed E-state index contributed by atoms with van der Waals surface area (Å²) in [5, 5.41) is 0. The normalized spacial score (nSPS) is 13.6. The van der Waals surface area contributed by atoms with E-state index in [1.807, 2.05) is 33.3 Å². The summed E-state index contributed by atoms with van der Waals surface area (Å²) >= 11 is 0. The van der Waals surface area contributed by atoms with Gasteiger partial charge in [0.15, 0.2) is 6.10 Å². The lowest BCUT2D eigenvalue weighted by atomic mass is 10.0. The lowest BCUT2D eigenvalue weighted by molar-refractivity contribution is -0.870. The van der Waals surface area contributed by atoms with Crippen LogP contribution in [0, 0.1) is 0 Å². The van der Waals surface area contributed by atoms with Gasteiger partial charge in [-0.15, -0.1) is 0 Å². The summed E-state index contributed by atoms with van der Waals surface area (Å²) in [6.07, 6.45) is 75.0. The van der Waals surface area contributed by atoms with Crippen LogP contribution in [0.5, 0.6) is 0 Å². The van der Waals surface area contributed by atoms with E-state index in [0.29, 0.717) is 17.4 Å². The Labute approximate surface area is 470 Å². The molecule has 0 aliphatic heterocycles. The second kappa shape index (κ2) is 57.4. The molecule has 0 radical (unpaired) electrons. The molecule has 0 saturated carbocycles. The zero-order chi connectivity index (χ0) is 55.6. The highest BCUT2D eigenvalue weighted by Gasteiger charge is 2.21. The number of phosphoric acid groups is 1. The van der Waals surface area contributed by atoms with Gasteiger partial charge in [-0.05, 0) is 64.2 Å². The number of carbonyl (C=O) groups excluding carboxylic acids is 2. The molecule has 0 aromatic rings. The lowest BCUT2D eigenvalue weighted by Gasteiger charge is -2.28. The van der Waals surface area contributed by atoms with Crippen LogP contribution in [0.25, 0.3) is 0 Å². The maximum absolute atomic E-state index is 12.7. The Hall–Kier alpha value is -2.29. The summed E-state index contributed by atoms with van der Waals surface area (Å²) in [6.45, 7) is 4.06. The Balaban J connectivity index is 3.86. The number of hydrogen-bond acceptors (Lipinski definition) is 8. The zero-order valence-electron chi connectivity index (χ0n) is 50.5. The molecule has 2 unspecified atom stereocenters. The number of allylic oxidation sites excluding steroid dienone is 10. The van der Waals surface area contributed by atoms with Gasteiger partial charge in [-0.2, -0.15) is 0 Å². The van der Waals surface area contributed by atoms with Crippen molar-refractivity contribution in [2.45, 2.75) is 302 Å². The Kier molecular flexibility index (Phi) is 55.7. The van der Waals surface area contributed by atoms with Gasteiger partial charge in [0.2, 0.25) is 0 Å². The molecule has 0 saturated heterocycles. The van der Waals surface area contributed by atoms with Crippen molar-refractivity contribution in [2.75, 3.05) is 47.5 Å². The van der Waals surface area contributed by atoms with Gasteiger partial charge in [0, 0.05) is 12.8 Å². The summed E-state index contributed by atoms with van der Waals surface area (Å²) in [7, 11) is 1.13. The van der Waals surface area contributed by atoms with Crippen LogP contribution in [0.4, 0.5) is 0 Å². The number of rotatable bonds is 59. The van der Waals surface area contributed by atoms with Crippen molar-refractivity contribution in [1.29, 1.82) is 0 Å². The van der Waals surface area contributed by atoms with E-state index in [-0.39, 0.29) is 26.1 Å². The van der Waals surface area contributed by atoms with Crippen molar-refractivity contribution in [1.82, 2.24) is 0 Å². The molecule has 0 aliphatic rings. The van der Waals surface area contributed by atoms with Crippen LogP contribution in [0.3, 0.4) is 0 Å². The Morgan fingerprint density at radius 1 is 0.421 bits per heavy atom. The first-order valence-electron chi connectivity index (χ1n) is 32.0. The van der Waals surface area contributed by atoms with E-state index in [0.717, 1.165) is 44.9 Å². The van der Waals surface area contributed by atoms with Crippen molar-refractivity contribution in [3.63, 3.8) is 0 Å². The SMILES string of the molecule is CC/C=C\C/C=C\C/C=C\C/C=C\CCC(=O)OC(COC(=O)CCCCCCCCCCCCCCCCCCCCCCCCCCCCC/C=C\CCCCCCCCCC)COP(=O)([O-])OCC[N+](C)(C)C. The van der Waals surface area contributed by atoms with E-state index < -0.39 is 32.5 Å². The van der Waals surface area contributed by atoms with Gasteiger partial charge in [0.25, 0.3) is 7.82 Å². The van der Waals surface area contributed by atoms with Crippen molar-refractivity contribution in [3.8, 4) is 0 Å². The fourth-order valence-electron chi connectivity index (χ4n) is 9.14. The van der Waals surface area contributed by atoms with Crippen molar-refractivity contribution in [3.05, 3.63) is 60.8 Å². The predicted molar refractivity (Wildman–Crippen MR) is 323 cm³/mol. The first kappa shape index (κ1) is 73.7. The number of carbonyl (C=O) groups is 2. The third-order valence-electron chi connectivity index (χ3n) is 14.0. The van der Waals surface area contributed by atoms with Crippen LogP contribution in [-0.2, 0) is 32.7 Å². The fourth-order valence-corrected chi connectivity index (χ4v) is 9.87. The van der Waals surface area contributed by atoms with Crippen LogP contribution in [0.15, 0.2) is 60.8 Å². The van der Waals surface area contributed by atoms with Crippen molar-refractivity contribution in [2.24, 2.45) is 0 Å². The molecule has 10 heteroatoms. The fraction of sp³-hybridized carbons (Fsp3) is 0.818. The number of esters is 2. The highest BCUT2D eigenvalue weighted by atomic mass is 31.2. The maximum Gasteiger partial charge on any atom is 0.306 e. The van der Waals surface area contributed by atoms with Crippen molar-refractivity contribution < 1.29 is 42.1 Å². The average Bonchev–Trinajstić information content (AvgIpc) is 3.38. The molecule has 0 bridgehead atoms. The molecular formula is C66H122NO8P. The second-order valence-corrected chi connectivity index (χ2v) is 24.2. The minimum atomic E-state index is -4.65. The molecule has 76 heavy (non-hydrogen) atoms. The molecule has 0 heterocycles. The molecule has 0 fully saturated rings. The molecule has 0 aliphatic carbocycles. The van der Waals surface area contributed by atoms with E-state index in [1.165, 1.54) is 218 Å². The molecule has 0 spiro atoms. The standard InChI is InChI=1S/C66H122NO8P/c1-6-8-10-12-14-16-18-20-21-22-23-24-25-26-27-28-29-30-31-32-33-34-35-36-37-38-39-40-41-42-43-44-45-47-48-50-52-54-56-58-65(68)72-62-64(63-74-76(70,71)73-61-60-67(3,4)5)75-66(69)59-57-55-53-51-49-46-19-17-15-13-11-9-7-2/h9,11,15,17,22-23,46,49,53,55,64H,6-8,10,12-14,16,18-21,24-45,47-48,50-52,54,56-63H2,1-5H3/b11-9-,17-15-,23-22-,49-46-,55-53-. The number of nitrogens with zero attached hydrogens (tertiary/aromatic N) is 1. The van der Waals surface area contributed by atoms with Crippen LogP contribution in [-0.4, -0.2) is 70.0 Å². The molecule has 0 N–H and O–H groups in total. The Morgan fingerprint density at radius 2 is 0.776 bits per heavy atom. The number of ether oxygens (including phenoxy) is 2. The van der Waals surface area contributed by atoms with E-state index in [1.54, 1.807) is 0 Å². The summed E-state index contributed by atoms with van der Waals surface area (Å²) < 4.78 is 34.0. The number of likely N-dealkylation sites (N-methyl/N-ethyl adjacent to an activating group) is 1. The van der Waals surface area contributed by atoms with E-state index in [2.05, 4.69) is 62.5 Å². The smallest absolute Gasteiger partial charge is 0.306 e. The number of phosphoric ester groups is 1. The zero-order valence-corrected chi connectivity index (χ0v) is 51.3. The molecule has 0 aromatic carbocycles. The largest absolute Gasteiger partial charge is 0.756 e. The van der Waals surface area contributed by atoms with Gasteiger partial charge in [0.1, 0.15) is 19.8 Å². The summed E-state index contributed by atoms with van der Waals surface area (Å²) in [6, 6.07) is 0. The summed E-state index contributed by atoms with van der Waals surface area (Å²) in [4.78, 5) is 37.7. The van der Waals surface area contributed by atoms with Gasteiger partial charge >= 0.3 is 11.9 Å². The molecular weight excluding hydrogens is 966 g/mol. The first-order valence-corrected chi connectivity index (χ1v) is 33.5. The Morgan fingerprint density at radius 3 is 1.17 bits per heavy atom. The second-order valence-electron chi connectivity index (χ2n) is 22.7. The van der Waals surface area contributed by atoms with Gasteiger partial charge in [0.05, 0.1) is 27.7 Å². The third kappa shape index (κ3) is 60.9. The van der Waals surface area contributed by atoms with Crippen LogP contribution < -0.4 is 4.89 Å². The molecule has 0 rings (SSSR count). The third-order valence-corrected chi connectivity index (χ3v) is 15.0. The number of quaternary nitrogens is 1. The minimum absolute atomic E-state index is 0.0439. The average molecular weight is 1090 g/mol. The van der Waals surface area contributed by atoms with E-state index >= 15 is 0 Å². The molecule has 2 atom stereocenters. The quantitative estimate of drug-likeness (QED) is 0.0195. The van der Waals surface area contributed by atoms with Crippen LogP contribution in [0.1, 0.15) is 296 Å². The monoisotopic (exact) mass is 1090 g/mol. The van der Waals surface area contributed by atoms with Crippen LogP contribution in [0.2, 0.25) is 0 Å². The highest BCUT2D eigenvalue weighted by Crippen LogP contribution is 2.38. The maximum atomic E-state index is 12.7. The van der Waals surface area contributed by atoms with Gasteiger partial charge < -0.3 is 27.9 Å². The molecule has 0 amide bonds. The highest BCUT2D eigenvalue weighted by molar-refractivity contribution is 7.45. The lowest BCUT2D eigenvalue weighted by Crippen LogP contribution is -2.37. The number of unbranched alkanes of at least 4 members (excludes halogenated alkanes) is 35. The van der Waals surface area contributed by atoms with Gasteiger partial charge in [-0.1, -0.05) is 280 Å². The van der Waals surface area contributed by atoms with Crippen molar-refractivity contribution >= 4 is 19.8 Å². The molecule has 9 nitrogen and oxygen atoms in total. The topological polar surface area (TPSA) is 111 Å². The first-order chi connectivity index (χ1) is 37.0. The van der Waals surface area contributed by atoms with E-state index in [4.69, 9.17) is 18.5 Å². The van der Waals surface area contributed by atoms with Gasteiger partial charge in [-0.25, -0.2) is 0 Å². The summed E-state index contributed by atoms with van der Waals surface area (Å²) in [5.41, 5.74) is 0. The van der Waals surface area contributed by atoms with Crippen LogP contribution >= 0.6 is 7.82 Å². The summed E-state index contributed by atoms with van der Waals surface area (Å²) in [5.74, 6) is -0.921. The Bertz CT molecular complexity index is 1470. The van der Waals surface area contributed by atoms with E-state index in [9.17, 15) is 19.0 Å². The predicted octanol–water partition coefficient (Wildman–Crippen LogP) is 19.6. The number of hydrogen-bond donors (Lipinski definition) is 0. The van der Waals surface area contributed by atoms with Gasteiger partial charge in [-0.3, -0.25) is 14.2 Å².